The summed E-state index contributed by atoms with van der Waals surface area (Å²) in [5, 5.41) is 3.11. The van der Waals surface area contributed by atoms with Crippen molar-refractivity contribution >= 4 is 11.6 Å². The molecule has 0 saturated carbocycles. The molecule has 2 aromatic carbocycles. The predicted octanol–water partition coefficient (Wildman–Crippen LogP) is 2.98. The van der Waals surface area contributed by atoms with Crippen LogP contribution in [0.25, 0.3) is 0 Å². The van der Waals surface area contributed by atoms with Gasteiger partial charge >= 0.3 is 0 Å². The van der Waals surface area contributed by atoms with Gasteiger partial charge in [0.05, 0.1) is 6.54 Å². The number of anilines is 1. The lowest BCUT2D eigenvalue weighted by atomic mass is 10.1. The Morgan fingerprint density at radius 3 is 2.45 bits per heavy atom. The van der Waals surface area contributed by atoms with Crippen LogP contribution >= 0.6 is 0 Å². The van der Waals surface area contributed by atoms with E-state index in [0.717, 1.165) is 17.8 Å². The smallest absolute Gasteiger partial charge is 0.193 e. The Bertz CT molecular complexity index is 630. The highest BCUT2D eigenvalue weighted by atomic mass is 15.1. The third-order valence-electron chi connectivity index (χ3n) is 3.25. The first-order chi connectivity index (χ1) is 10.5. The summed E-state index contributed by atoms with van der Waals surface area (Å²) in [6.45, 7) is 3.56. The summed E-state index contributed by atoms with van der Waals surface area (Å²) >= 11 is 0. The van der Waals surface area contributed by atoms with Crippen LogP contribution < -0.4 is 11.1 Å². The largest absolute Gasteiger partial charge is 0.370 e. The van der Waals surface area contributed by atoms with E-state index in [4.69, 9.17) is 5.73 Å². The van der Waals surface area contributed by atoms with Gasteiger partial charge < -0.3 is 16.0 Å². The molecule has 0 aliphatic heterocycles. The fraction of sp³-hybridized carbons (Fsp3) is 0.278. The molecule has 116 valence electrons. The summed E-state index contributed by atoms with van der Waals surface area (Å²) in [7, 11) is 4.13. The van der Waals surface area contributed by atoms with E-state index in [1.165, 1.54) is 11.1 Å². The quantitative estimate of drug-likeness (QED) is 0.659. The minimum atomic E-state index is 0.432. The molecule has 4 heteroatoms. The van der Waals surface area contributed by atoms with E-state index in [-0.39, 0.29) is 0 Å². The molecule has 3 N–H and O–H groups in total. The molecule has 2 aromatic rings. The number of nitrogens with two attached hydrogens (primary N) is 1. The van der Waals surface area contributed by atoms with Crippen LogP contribution in [-0.4, -0.2) is 25.0 Å². The Hall–Kier alpha value is -2.33. The number of nitrogens with one attached hydrogen (secondary N) is 1. The Morgan fingerprint density at radius 2 is 1.77 bits per heavy atom. The zero-order valence-electron chi connectivity index (χ0n) is 13.5. The third-order valence-corrected chi connectivity index (χ3v) is 3.25. The second-order valence-electron chi connectivity index (χ2n) is 5.75. The molecule has 0 aliphatic carbocycles. The Kier molecular flexibility index (Phi) is 5.55. The summed E-state index contributed by atoms with van der Waals surface area (Å²) in [4.78, 5) is 6.55. The van der Waals surface area contributed by atoms with Crippen molar-refractivity contribution in [2.24, 2.45) is 10.7 Å². The van der Waals surface area contributed by atoms with Gasteiger partial charge in [-0.3, -0.25) is 0 Å². The highest BCUT2D eigenvalue weighted by molar-refractivity contribution is 5.92. The lowest BCUT2D eigenvalue weighted by molar-refractivity contribution is 0.402. The van der Waals surface area contributed by atoms with E-state index in [1.54, 1.807) is 0 Å². The number of rotatable bonds is 5. The van der Waals surface area contributed by atoms with Gasteiger partial charge in [-0.1, -0.05) is 42.0 Å². The van der Waals surface area contributed by atoms with Gasteiger partial charge in [0.1, 0.15) is 0 Å². The van der Waals surface area contributed by atoms with E-state index < -0.39 is 0 Å². The first-order valence-corrected chi connectivity index (χ1v) is 7.39. The predicted molar refractivity (Wildman–Crippen MR) is 94.0 cm³/mol. The highest BCUT2D eigenvalue weighted by Gasteiger charge is 1.99. The van der Waals surface area contributed by atoms with E-state index in [1.807, 2.05) is 24.3 Å². The van der Waals surface area contributed by atoms with Gasteiger partial charge in [-0.15, -0.1) is 0 Å². The summed E-state index contributed by atoms with van der Waals surface area (Å²) < 4.78 is 0. The van der Waals surface area contributed by atoms with Gasteiger partial charge in [0.2, 0.25) is 0 Å². The molecule has 0 radical (unpaired) electrons. The van der Waals surface area contributed by atoms with Gasteiger partial charge in [-0.05, 0) is 44.3 Å². The fourth-order valence-corrected chi connectivity index (χ4v) is 2.19. The lowest BCUT2D eigenvalue weighted by Gasteiger charge is -2.10. The van der Waals surface area contributed by atoms with Crippen molar-refractivity contribution in [2.45, 2.75) is 20.0 Å². The molecule has 0 heterocycles. The van der Waals surface area contributed by atoms with Crippen molar-refractivity contribution < 1.29 is 0 Å². The van der Waals surface area contributed by atoms with Gasteiger partial charge in [0.15, 0.2) is 5.96 Å². The van der Waals surface area contributed by atoms with E-state index in [0.29, 0.717) is 12.5 Å². The average Bonchev–Trinajstić information content (AvgIpc) is 2.47. The molecule has 0 amide bonds. The van der Waals surface area contributed by atoms with Crippen LogP contribution in [0.3, 0.4) is 0 Å². The van der Waals surface area contributed by atoms with Gasteiger partial charge in [0, 0.05) is 12.2 Å². The molecule has 4 nitrogen and oxygen atoms in total. The molecule has 0 bridgehead atoms. The molecule has 0 aliphatic rings. The number of hydrogen-bond donors (Lipinski definition) is 2. The standard InChI is InChI=1S/C18H24N4/c1-14-7-9-17(10-8-14)21-18(19)20-12-15-5-4-6-16(11-15)13-22(2)3/h4-11H,12-13H2,1-3H3,(H3,19,20,21). The Labute approximate surface area is 132 Å². The SMILES string of the molecule is Cc1ccc(NC(N)=NCc2cccc(CN(C)C)c2)cc1. The maximum atomic E-state index is 5.94. The van der Waals surface area contributed by atoms with Crippen LogP contribution in [0.2, 0.25) is 0 Å². The molecule has 0 aromatic heterocycles. The van der Waals surface area contributed by atoms with E-state index in [2.05, 4.69) is 60.5 Å². The number of aryl methyl sites for hydroxylation is 1. The molecule has 2 rings (SSSR count). The summed E-state index contributed by atoms with van der Waals surface area (Å²) in [5.74, 6) is 0.432. The second-order valence-corrected chi connectivity index (χ2v) is 5.75. The van der Waals surface area contributed by atoms with Crippen LogP contribution in [0.15, 0.2) is 53.5 Å². The average molecular weight is 296 g/mol. The minimum absolute atomic E-state index is 0.432. The van der Waals surface area contributed by atoms with Gasteiger partial charge in [-0.2, -0.15) is 0 Å². The van der Waals surface area contributed by atoms with Crippen LogP contribution in [0.1, 0.15) is 16.7 Å². The first-order valence-electron chi connectivity index (χ1n) is 7.39. The van der Waals surface area contributed by atoms with Crippen molar-refractivity contribution in [3.05, 3.63) is 65.2 Å². The van der Waals surface area contributed by atoms with Crippen molar-refractivity contribution in [1.29, 1.82) is 0 Å². The maximum Gasteiger partial charge on any atom is 0.193 e. The number of aliphatic imine (C=N–C) groups is 1. The minimum Gasteiger partial charge on any atom is -0.370 e. The zero-order valence-corrected chi connectivity index (χ0v) is 13.5. The molecule has 0 unspecified atom stereocenters. The molecule has 22 heavy (non-hydrogen) atoms. The second kappa shape index (κ2) is 7.61. The van der Waals surface area contributed by atoms with Gasteiger partial charge in [-0.25, -0.2) is 4.99 Å². The monoisotopic (exact) mass is 296 g/mol. The lowest BCUT2D eigenvalue weighted by Crippen LogP contribution is -2.22. The molecule has 0 saturated heterocycles. The molecular weight excluding hydrogens is 272 g/mol. The number of benzene rings is 2. The Morgan fingerprint density at radius 1 is 1.09 bits per heavy atom. The van der Waals surface area contributed by atoms with Crippen molar-refractivity contribution in [3.8, 4) is 0 Å². The van der Waals surface area contributed by atoms with Crippen LogP contribution in [0, 0.1) is 6.92 Å². The fourth-order valence-electron chi connectivity index (χ4n) is 2.19. The topological polar surface area (TPSA) is 53.6 Å². The van der Waals surface area contributed by atoms with Crippen LogP contribution in [0.4, 0.5) is 5.69 Å². The highest BCUT2D eigenvalue weighted by Crippen LogP contribution is 2.10. The van der Waals surface area contributed by atoms with Crippen molar-refractivity contribution in [2.75, 3.05) is 19.4 Å². The molecule has 0 spiro atoms. The van der Waals surface area contributed by atoms with Gasteiger partial charge in [0.25, 0.3) is 0 Å². The molecular formula is C18H24N4. The maximum absolute atomic E-state index is 5.94. The number of nitrogens with zero attached hydrogens (tertiary/aromatic N) is 2. The van der Waals surface area contributed by atoms with E-state index in [9.17, 15) is 0 Å². The summed E-state index contributed by atoms with van der Waals surface area (Å²) in [5.41, 5.74) is 10.6. The van der Waals surface area contributed by atoms with Crippen LogP contribution in [-0.2, 0) is 13.1 Å². The first kappa shape index (κ1) is 16.0. The normalized spacial score (nSPS) is 11.7. The van der Waals surface area contributed by atoms with Crippen LogP contribution in [0.5, 0.6) is 0 Å². The summed E-state index contributed by atoms with van der Waals surface area (Å²) in [6, 6.07) is 16.5. The van der Waals surface area contributed by atoms with E-state index >= 15 is 0 Å². The number of guanidine groups is 1. The molecule has 0 fully saturated rings. The van der Waals surface area contributed by atoms with Crippen molar-refractivity contribution in [1.82, 2.24) is 4.90 Å². The number of hydrogen-bond acceptors (Lipinski definition) is 2. The summed E-state index contributed by atoms with van der Waals surface area (Å²) in [6.07, 6.45) is 0. The third kappa shape index (κ3) is 5.22. The Balaban J connectivity index is 1.96. The molecule has 0 atom stereocenters. The zero-order chi connectivity index (χ0) is 15.9. The van der Waals surface area contributed by atoms with Crippen molar-refractivity contribution in [3.63, 3.8) is 0 Å².